The monoisotopic (exact) mass is 413 g/mol. The normalized spacial score (nSPS) is 9.50. The van der Waals surface area contributed by atoms with Gasteiger partial charge in [-0.2, -0.15) is 0 Å². The first kappa shape index (κ1) is 14.8. The molecule has 0 bridgehead atoms. The van der Waals surface area contributed by atoms with Gasteiger partial charge in [0.25, 0.3) is 0 Å². The molecule has 0 saturated carbocycles. The zero-order valence-corrected chi connectivity index (χ0v) is 12.3. The molecule has 0 aliphatic carbocycles. The van der Waals surface area contributed by atoms with Gasteiger partial charge in [0.1, 0.15) is 6.61 Å². The van der Waals surface area contributed by atoms with Crippen molar-refractivity contribution in [1.82, 2.24) is 0 Å². The number of hydrogen-bond acceptors (Lipinski definition) is 4. The van der Waals surface area contributed by atoms with Gasteiger partial charge >= 0.3 is 5.97 Å². The Bertz CT molecular complexity index is 373. The van der Waals surface area contributed by atoms with Gasteiger partial charge in [-0.25, -0.2) is 4.79 Å². The third-order valence-electron chi connectivity index (χ3n) is 1.58. The summed E-state index contributed by atoms with van der Waals surface area (Å²) in [6, 6.07) is 9.09. The molecule has 1 aromatic carbocycles. The predicted octanol–water partition coefficient (Wildman–Crippen LogP) is -0.345. The van der Waals surface area contributed by atoms with E-state index in [-0.39, 0.29) is 33.9 Å². The van der Waals surface area contributed by atoms with Crippen LogP contribution in [-0.2, 0) is 20.9 Å². The number of aliphatic carboxylic acids is 1. The maximum absolute atomic E-state index is 10.9. The summed E-state index contributed by atoms with van der Waals surface area (Å²) < 4.78 is 4.76. The van der Waals surface area contributed by atoms with Crippen LogP contribution in [0.4, 0.5) is 0 Å². The molecule has 16 heavy (non-hydrogen) atoms. The Balaban J connectivity index is 0.00000225. The van der Waals surface area contributed by atoms with Crippen LogP contribution in [0.1, 0.15) is 5.56 Å². The van der Waals surface area contributed by atoms with Crippen molar-refractivity contribution in [2.24, 2.45) is 0 Å². The number of carbonyl (C=O) groups is 2. The minimum absolute atomic E-state index is 0. The molecule has 5 heteroatoms. The van der Waals surface area contributed by atoms with Gasteiger partial charge in [0, 0.05) is 33.4 Å². The quantitative estimate of drug-likeness (QED) is 0.386. The summed E-state index contributed by atoms with van der Waals surface area (Å²) in [7, 11) is 0. The van der Waals surface area contributed by atoms with Crippen LogP contribution in [0.15, 0.2) is 42.5 Å². The molecule has 82 valence electrons. The van der Waals surface area contributed by atoms with E-state index in [1.807, 2.05) is 18.2 Å². The van der Waals surface area contributed by atoms with Crippen LogP contribution in [0.5, 0.6) is 0 Å². The van der Waals surface area contributed by atoms with Crippen LogP contribution < -0.4 is 5.11 Å². The van der Waals surface area contributed by atoms with Crippen molar-refractivity contribution in [3.8, 4) is 0 Å². The average Bonchev–Trinajstić information content (AvgIpc) is 2.25. The molecule has 0 heterocycles. The fourth-order valence-corrected chi connectivity index (χ4v) is 0.913. The summed E-state index contributed by atoms with van der Waals surface area (Å²) in [6.07, 6.45) is 1.45. The molecular weight excluding hydrogens is 403 g/mol. The van der Waals surface area contributed by atoms with E-state index in [4.69, 9.17) is 4.74 Å². The first-order chi connectivity index (χ1) is 7.18. The molecule has 0 atom stereocenters. The molecule has 0 aliphatic rings. The molecule has 0 fully saturated rings. The smallest absolute Gasteiger partial charge is 0.331 e. The van der Waals surface area contributed by atoms with Gasteiger partial charge in [-0.05, 0) is 11.6 Å². The SMILES string of the molecule is O=C([O-])/C=C/C(=O)OCc1ccccc1.[Pb]. The van der Waals surface area contributed by atoms with Crippen LogP contribution in [0.25, 0.3) is 0 Å². The van der Waals surface area contributed by atoms with E-state index in [1.54, 1.807) is 12.1 Å². The van der Waals surface area contributed by atoms with E-state index in [0.29, 0.717) is 6.08 Å². The number of carbonyl (C=O) groups excluding carboxylic acids is 2. The fraction of sp³-hybridized carbons (Fsp3) is 0.0909. The van der Waals surface area contributed by atoms with Crippen LogP contribution in [-0.4, -0.2) is 39.2 Å². The number of benzene rings is 1. The third-order valence-corrected chi connectivity index (χ3v) is 1.58. The van der Waals surface area contributed by atoms with E-state index in [1.165, 1.54) is 0 Å². The molecular formula is C11H9O4Pb-. The molecule has 1 rings (SSSR count). The van der Waals surface area contributed by atoms with Crippen molar-refractivity contribution in [3.05, 3.63) is 48.0 Å². The number of esters is 1. The number of rotatable bonds is 4. The second kappa shape index (κ2) is 8.03. The van der Waals surface area contributed by atoms with Gasteiger partial charge in [-0.1, -0.05) is 30.3 Å². The van der Waals surface area contributed by atoms with E-state index in [0.717, 1.165) is 11.6 Å². The molecule has 0 spiro atoms. The molecule has 0 aromatic heterocycles. The molecule has 0 N–H and O–H groups in total. The van der Waals surface area contributed by atoms with Crippen molar-refractivity contribution in [2.45, 2.75) is 6.61 Å². The second-order valence-electron chi connectivity index (χ2n) is 2.75. The third kappa shape index (κ3) is 6.33. The number of carboxylic acids is 1. The van der Waals surface area contributed by atoms with Crippen LogP contribution >= 0.6 is 0 Å². The summed E-state index contributed by atoms with van der Waals surface area (Å²) in [5, 5.41) is 9.97. The minimum atomic E-state index is -1.42. The first-order valence-corrected chi connectivity index (χ1v) is 4.28. The van der Waals surface area contributed by atoms with Crippen LogP contribution in [0.3, 0.4) is 0 Å². The Morgan fingerprint density at radius 1 is 1.19 bits per heavy atom. The van der Waals surface area contributed by atoms with Gasteiger partial charge in [0.15, 0.2) is 0 Å². The number of carboxylic acid groups (broad SMARTS) is 1. The summed E-state index contributed by atoms with van der Waals surface area (Å²) >= 11 is 0. The first-order valence-electron chi connectivity index (χ1n) is 4.28. The summed E-state index contributed by atoms with van der Waals surface area (Å²) in [4.78, 5) is 20.9. The van der Waals surface area contributed by atoms with Gasteiger partial charge < -0.3 is 14.6 Å². The van der Waals surface area contributed by atoms with Crippen molar-refractivity contribution < 1.29 is 19.4 Å². The Hall–Kier alpha value is -1.18. The van der Waals surface area contributed by atoms with Gasteiger partial charge in [0.05, 0.1) is 5.97 Å². The largest absolute Gasteiger partial charge is 0.545 e. The van der Waals surface area contributed by atoms with Gasteiger partial charge in [-0.3, -0.25) is 0 Å². The Morgan fingerprint density at radius 2 is 1.81 bits per heavy atom. The summed E-state index contributed by atoms with van der Waals surface area (Å²) in [5.41, 5.74) is 0.840. The van der Waals surface area contributed by atoms with Gasteiger partial charge in [0.2, 0.25) is 0 Å². The average molecular weight is 412 g/mol. The molecule has 0 unspecified atom stereocenters. The number of ether oxygens (including phenoxy) is 1. The van der Waals surface area contributed by atoms with Crippen LogP contribution in [0.2, 0.25) is 0 Å². The maximum Gasteiger partial charge on any atom is 0.331 e. The summed E-state index contributed by atoms with van der Waals surface area (Å²) in [6.45, 7) is 0.122. The van der Waals surface area contributed by atoms with E-state index in [2.05, 4.69) is 0 Å². The Kier molecular flexibility index (Phi) is 7.44. The molecule has 1 aromatic rings. The second-order valence-corrected chi connectivity index (χ2v) is 2.75. The van der Waals surface area contributed by atoms with E-state index >= 15 is 0 Å². The zero-order valence-electron chi connectivity index (χ0n) is 8.38. The maximum atomic E-state index is 10.9. The molecule has 4 nitrogen and oxygen atoms in total. The number of hydrogen-bond donors (Lipinski definition) is 0. The molecule has 0 aliphatic heterocycles. The minimum Gasteiger partial charge on any atom is -0.545 e. The van der Waals surface area contributed by atoms with Gasteiger partial charge in [-0.15, -0.1) is 0 Å². The summed E-state index contributed by atoms with van der Waals surface area (Å²) in [5.74, 6) is -2.13. The Labute approximate surface area is 113 Å². The van der Waals surface area contributed by atoms with Crippen molar-refractivity contribution in [1.29, 1.82) is 0 Å². The topological polar surface area (TPSA) is 66.4 Å². The molecule has 0 saturated heterocycles. The standard InChI is InChI=1S/C11H10O4.Pb/c12-10(13)6-7-11(14)15-8-9-4-2-1-3-5-9;/h1-7H,8H2,(H,12,13);/p-1/b7-6+;. The molecule has 0 amide bonds. The van der Waals surface area contributed by atoms with Crippen LogP contribution in [0, 0.1) is 0 Å². The zero-order chi connectivity index (χ0) is 11.1. The van der Waals surface area contributed by atoms with E-state index in [9.17, 15) is 14.7 Å². The van der Waals surface area contributed by atoms with Crippen molar-refractivity contribution in [2.75, 3.05) is 0 Å². The predicted molar refractivity (Wildman–Crippen MR) is 56.1 cm³/mol. The van der Waals surface area contributed by atoms with E-state index < -0.39 is 11.9 Å². The van der Waals surface area contributed by atoms with Crippen molar-refractivity contribution in [3.63, 3.8) is 0 Å². The Morgan fingerprint density at radius 3 is 2.38 bits per heavy atom. The van der Waals surface area contributed by atoms with Crippen molar-refractivity contribution >= 4 is 39.2 Å². The molecule has 4 radical (unpaired) electrons. The fourth-order valence-electron chi connectivity index (χ4n) is 0.913.